The number of carbonyl (C=O) groups excluding carboxylic acids is 1. The molecule has 0 aliphatic carbocycles. The van der Waals surface area contributed by atoms with E-state index >= 15 is 0 Å². The van der Waals surface area contributed by atoms with E-state index < -0.39 is 10.8 Å². The summed E-state index contributed by atoms with van der Waals surface area (Å²) in [5.41, 5.74) is 0.593. The van der Waals surface area contributed by atoms with Crippen molar-refractivity contribution >= 4 is 55.2 Å². The fraction of sp³-hybridized carbons (Fsp3) is 0.0588. The summed E-state index contributed by atoms with van der Waals surface area (Å²) in [5, 5.41) is 22.6. The van der Waals surface area contributed by atoms with Gasteiger partial charge < -0.3 is 10.1 Å². The number of nitrogens with zero attached hydrogens (tertiary/aromatic N) is 2. The van der Waals surface area contributed by atoms with Crippen LogP contribution in [0.5, 0.6) is 5.75 Å². The first-order valence-electron chi connectivity index (χ1n) is 7.06. The van der Waals surface area contributed by atoms with Crippen molar-refractivity contribution in [3.63, 3.8) is 0 Å². The Kier molecular flexibility index (Phi) is 6.49. The number of nitro groups is 1. The maximum atomic E-state index is 12.4. The number of nitriles is 1. The Bertz CT molecular complexity index is 952. The predicted molar refractivity (Wildman–Crippen MR) is 104 cm³/mol. The molecule has 2 rings (SSSR count). The summed E-state index contributed by atoms with van der Waals surface area (Å²) >= 11 is 6.49. The van der Waals surface area contributed by atoms with Gasteiger partial charge in [0.15, 0.2) is 0 Å². The van der Waals surface area contributed by atoms with Crippen molar-refractivity contribution in [2.45, 2.75) is 0 Å². The maximum absolute atomic E-state index is 12.4. The molecule has 7 nitrogen and oxygen atoms in total. The minimum atomic E-state index is -0.649. The molecule has 132 valence electrons. The highest BCUT2D eigenvalue weighted by atomic mass is 79.9. The second-order valence-corrected chi connectivity index (χ2v) is 6.70. The topological polar surface area (TPSA) is 105 Å². The van der Waals surface area contributed by atoms with Gasteiger partial charge in [0.05, 0.1) is 17.7 Å². The van der Waals surface area contributed by atoms with Crippen LogP contribution in [0.25, 0.3) is 6.08 Å². The third-order valence-corrected chi connectivity index (χ3v) is 4.42. The Morgan fingerprint density at radius 3 is 2.62 bits per heavy atom. The standard InChI is InChI=1S/C17H11Br2N3O4/c1-26-16-5-2-12(18)7-10(16)6-11(9-20)17(23)21-15-4-3-13(22(24)25)8-14(15)19/h2-8H,1H3,(H,21,23)/b11-6+. The van der Waals surface area contributed by atoms with Crippen LogP contribution >= 0.6 is 31.9 Å². The van der Waals surface area contributed by atoms with Crippen LogP contribution < -0.4 is 10.1 Å². The molecule has 0 heterocycles. The quantitative estimate of drug-likeness (QED) is 0.289. The van der Waals surface area contributed by atoms with Crippen LogP contribution in [-0.4, -0.2) is 17.9 Å². The highest BCUT2D eigenvalue weighted by Crippen LogP contribution is 2.28. The zero-order valence-corrected chi connectivity index (χ0v) is 16.5. The first-order valence-corrected chi connectivity index (χ1v) is 8.65. The molecule has 1 amide bonds. The molecule has 0 aromatic heterocycles. The molecule has 26 heavy (non-hydrogen) atoms. The van der Waals surface area contributed by atoms with Crippen LogP contribution in [0.4, 0.5) is 11.4 Å². The van der Waals surface area contributed by atoms with Gasteiger partial charge in [-0.2, -0.15) is 5.26 Å². The molecule has 1 N–H and O–H groups in total. The first-order chi connectivity index (χ1) is 12.3. The van der Waals surface area contributed by atoms with E-state index in [-0.39, 0.29) is 11.3 Å². The fourth-order valence-electron chi connectivity index (χ4n) is 2.03. The van der Waals surface area contributed by atoms with Crippen LogP contribution in [0, 0.1) is 21.4 Å². The Morgan fingerprint density at radius 2 is 2.04 bits per heavy atom. The molecule has 2 aromatic rings. The van der Waals surface area contributed by atoms with Crippen LogP contribution in [0.2, 0.25) is 0 Å². The zero-order valence-electron chi connectivity index (χ0n) is 13.3. The lowest BCUT2D eigenvalue weighted by Crippen LogP contribution is -2.14. The molecule has 0 aliphatic heterocycles. The molecule has 0 radical (unpaired) electrons. The lowest BCUT2D eigenvalue weighted by atomic mass is 10.1. The Labute approximate surface area is 165 Å². The number of hydrogen-bond acceptors (Lipinski definition) is 5. The Balaban J connectivity index is 2.32. The molecule has 0 spiro atoms. The fourth-order valence-corrected chi connectivity index (χ4v) is 2.88. The summed E-state index contributed by atoms with van der Waals surface area (Å²) in [4.78, 5) is 22.6. The number of non-ortho nitro benzene ring substituents is 1. The van der Waals surface area contributed by atoms with Gasteiger partial charge in [-0.3, -0.25) is 14.9 Å². The third kappa shape index (κ3) is 4.68. The van der Waals surface area contributed by atoms with Crippen molar-refractivity contribution in [3.05, 3.63) is 66.6 Å². The molecule has 2 aromatic carbocycles. The molecular weight excluding hydrogens is 470 g/mol. The highest BCUT2D eigenvalue weighted by Gasteiger charge is 2.15. The summed E-state index contributed by atoms with van der Waals surface area (Å²) in [6.07, 6.45) is 1.40. The van der Waals surface area contributed by atoms with Crippen molar-refractivity contribution < 1.29 is 14.5 Å². The number of amides is 1. The molecule has 9 heteroatoms. The van der Waals surface area contributed by atoms with Crippen molar-refractivity contribution in [1.82, 2.24) is 0 Å². The molecule has 0 atom stereocenters. The van der Waals surface area contributed by atoms with Gasteiger partial charge in [-0.1, -0.05) is 15.9 Å². The SMILES string of the molecule is COc1ccc(Br)cc1/C=C(\C#N)C(=O)Nc1ccc([N+](=O)[O-])cc1Br. The van der Waals surface area contributed by atoms with E-state index in [4.69, 9.17) is 4.74 Å². The van der Waals surface area contributed by atoms with E-state index in [2.05, 4.69) is 37.2 Å². The second-order valence-electron chi connectivity index (χ2n) is 4.93. The third-order valence-electron chi connectivity index (χ3n) is 3.27. The Morgan fingerprint density at radius 1 is 1.31 bits per heavy atom. The van der Waals surface area contributed by atoms with Gasteiger partial charge in [0, 0.05) is 26.6 Å². The van der Waals surface area contributed by atoms with Gasteiger partial charge >= 0.3 is 0 Å². The number of methoxy groups -OCH3 is 1. The van der Waals surface area contributed by atoms with E-state index in [0.29, 0.717) is 21.5 Å². The number of benzene rings is 2. The smallest absolute Gasteiger partial charge is 0.270 e. The summed E-state index contributed by atoms with van der Waals surface area (Å²) < 4.78 is 6.32. The van der Waals surface area contributed by atoms with Gasteiger partial charge in [0.25, 0.3) is 11.6 Å². The summed E-state index contributed by atoms with van der Waals surface area (Å²) in [5.74, 6) is -0.144. The second kappa shape index (κ2) is 8.60. The number of rotatable bonds is 5. The van der Waals surface area contributed by atoms with Gasteiger partial charge in [0.2, 0.25) is 0 Å². The summed E-state index contributed by atoms with van der Waals surface area (Å²) in [7, 11) is 1.49. The molecule has 0 aliphatic rings. The van der Waals surface area contributed by atoms with E-state index in [1.165, 1.54) is 31.4 Å². The van der Waals surface area contributed by atoms with E-state index in [1.54, 1.807) is 18.2 Å². The maximum Gasteiger partial charge on any atom is 0.270 e. The lowest BCUT2D eigenvalue weighted by Gasteiger charge is -2.08. The minimum absolute atomic E-state index is 0.121. The number of nitrogens with one attached hydrogen (secondary N) is 1. The number of anilines is 1. The number of carbonyl (C=O) groups is 1. The number of hydrogen-bond donors (Lipinski definition) is 1. The predicted octanol–water partition coefficient (Wildman–Crippen LogP) is 4.67. The van der Waals surface area contributed by atoms with Crippen LogP contribution in [0.1, 0.15) is 5.56 Å². The highest BCUT2D eigenvalue weighted by molar-refractivity contribution is 9.10. The monoisotopic (exact) mass is 479 g/mol. The van der Waals surface area contributed by atoms with Crippen LogP contribution in [0.3, 0.4) is 0 Å². The van der Waals surface area contributed by atoms with Crippen molar-refractivity contribution in [3.8, 4) is 11.8 Å². The van der Waals surface area contributed by atoms with Crippen LogP contribution in [-0.2, 0) is 4.79 Å². The molecule has 0 saturated heterocycles. The normalized spacial score (nSPS) is 10.8. The summed E-state index contributed by atoms with van der Waals surface area (Å²) in [6, 6.07) is 10.9. The molecule has 0 fully saturated rings. The van der Waals surface area contributed by atoms with Crippen molar-refractivity contribution in [2.75, 3.05) is 12.4 Å². The number of halogens is 2. The average molecular weight is 481 g/mol. The van der Waals surface area contributed by atoms with E-state index in [9.17, 15) is 20.2 Å². The largest absolute Gasteiger partial charge is 0.496 e. The van der Waals surface area contributed by atoms with Gasteiger partial charge in [-0.15, -0.1) is 0 Å². The van der Waals surface area contributed by atoms with Crippen molar-refractivity contribution in [1.29, 1.82) is 5.26 Å². The van der Waals surface area contributed by atoms with Crippen molar-refractivity contribution in [2.24, 2.45) is 0 Å². The molecule has 0 saturated carbocycles. The van der Waals surface area contributed by atoms with Crippen LogP contribution in [0.15, 0.2) is 50.9 Å². The Hall–Kier alpha value is -2.70. The van der Waals surface area contributed by atoms with Gasteiger partial charge in [-0.25, -0.2) is 0 Å². The zero-order chi connectivity index (χ0) is 19.3. The van der Waals surface area contributed by atoms with Gasteiger partial charge in [0.1, 0.15) is 17.4 Å². The molecular formula is C17H11Br2N3O4. The minimum Gasteiger partial charge on any atom is -0.496 e. The van der Waals surface area contributed by atoms with E-state index in [1.807, 2.05) is 6.07 Å². The molecule has 0 bridgehead atoms. The lowest BCUT2D eigenvalue weighted by molar-refractivity contribution is -0.384. The number of ether oxygens (including phenoxy) is 1. The van der Waals surface area contributed by atoms with E-state index in [0.717, 1.165) is 4.47 Å². The first kappa shape index (κ1) is 19.6. The summed E-state index contributed by atoms with van der Waals surface area (Å²) in [6.45, 7) is 0. The van der Waals surface area contributed by atoms with Gasteiger partial charge in [-0.05, 0) is 46.3 Å². The number of nitro benzene ring substituents is 1. The molecule has 0 unspecified atom stereocenters. The average Bonchev–Trinajstić information content (AvgIpc) is 2.61.